The molecular weight excluding hydrogens is 707 g/mol. The van der Waals surface area contributed by atoms with Gasteiger partial charge in [-0.3, -0.25) is 0 Å². The van der Waals surface area contributed by atoms with E-state index >= 15 is 0 Å². The molecule has 2 heterocycles. The Bertz CT molecular complexity index is 3160. The SMILES string of the molecule is c1ccc(-c2ccc(-c3nc(-c4ccccc4)nc(-c4ccc5c(c4)-c4ccccc4C54c5ccc6ccccc6c5Oc5c4ccc4ccccc54)n3)cc2)cc1. The van der Waals surface area contributed by atoms with Crippen LogP contribution in [0.4, 0.5) is 0 Å². The zero-order valence-corrected chi connectivity index (χ0v) is 31.3. The van der Waals surface area contributed by atoms with E-state index in [2.05, 4.69) is 176 Å². The number of fused-ring (bicyclic) bond motifs is 13. The maximum atomic E-state index is 7.13. The third-order valence-corrected chi connectivity index (χ3v) is 12.0. The molecule has 0 atom stereocenters. The number of hydrogen-bond acceptors (Lipinski definition) is 4. The van der Waals surface area contributed by atoms with Crippen LogP contribution in [0.15, 0.2) is 200 Å². The Kier molecular flexibility index (Phi) is 7.11. The summed E-state index contributed by atoms with van der Waals surface area (Å²) in [6, 6.07) is 70.8. The molecule has 0 unspecified atom stereocenters. The Morgan fingerprint density at radius 2 is 0.741 bits per heavy atom. The minimum absolute atomic E-state index is 0.624. The molecule has 1 aromatic heterocycles. The molecular formula is C54H33N3O. The van der Waals surface area contributed by atoms with Gasteiger partial charge in [0.15, 0.2) is 17.5 Å². The fourth-order valence-electron chi connectivity index (χ4n) is 9.34. The molecule has 1 spiro atoms. The summed E-state index contributed by atoms with van der Waals surface area (Å²) in [6.45, 7) is 0. The van der Waals surface area contributed by atoms with Gasteiger partial charge in [0, 0.05) is 38.6 Å². The number of benzene rings is 9. The Hall–Kier alpha value is -7.69. The Labute approximate surface area is 335 Å². The van der Waals surface area contributed by atoms with Crippen LogP contribution in [0.25, 0.3) is 78.0 Å². The van der Waals surface area contributed by atoms with E-state index in [-0.39, 0.29) is 0 Å². The van der Waals surface area contributed by atoms with E-state index in [0.717, 1.165) is 72.0 Å². The van der Waals surface area contributed by atoms with E-state index < -0.39 is 5.41 Å². The van der Waals surface area contributed by atoms with E-state index in [1.165, 1.54) is 22.3 Å². The summed E-state index contributed by atoms with van der Waals surface area (Å²) in [6.07, 6.45) is 0. The first kappa shape index (κ1) is 32.5. The molecule has 0 amide bonds. The van der Waals surface area contributed by atoms with Gasteiger partial charge in [0.1, 0.15) is 11.5 Å². The minimum atomic E-state index is -0.624. The van der Waals surface area contributed by atoms with Gasteiger partial charge in [0.2, 0.25) is 0 Å². The van der Waals surface area contributed by atoms with Crippen molar-refractivity contribution in [3.8, 4) is 67.9 Å². The van der Waals surface area contributed by atoms with E-state index in [1.54, 1.807) is 0 Å². The van der Waals surface area contributed by atoms with Gasteiger partial charge in [-0.25, -0.2) is 15.0 Å². The Balaban J connectivity index is 1.09. The van der Waals surface area contributed by atoms with Crippen molar-refractivity contribution in [3.63, 3.8) is 0 Å². The van der Waals surface area contributed by atoms with Crippen LogP contribution < -0.4 is 4.74 Å². The fourth-order valence-corrected chi connectivity index (χ4v) is 9.34. The first-order chi connectivity index (χ1) is 28.7. The molecule has 58 heavy (non-hydrogen) atoms. The lowest BCUT2D eigenvalue weighted by Crippen LogP contribution is -2.32. The summed E-state index contributed by atoms with van der Waals surface area (Å²) in [7, 11) is 0. The van der Waals surface area contributed by atoms with Crippen molar-refractivity contribution in [1.29, 1.82) is 0 Å². The predicted octanol–water partition coefficient (Wildman–Crippen LogP) is 13.3. The third kappa shape index (κ3) is 4.79. The minimum Gasteiger partial charge on any atom is -0.455 e. The van der Waals surface area contributed by atoms with Gasteiger partial charge in [-0.05, 0) is 50.2 Å². The topological polar surface area (TPSA) is 47.9 Å². The number of ether oxygens (including phenoxy) is 1. The summed E-state index contributed by atoms with van der Waals surface area (Å²) in [5.74, 6) is 3.70. The average molecular weight is 740 g/mol. The van der Waals surface area contributed by atoms with Crippen molar-refractivity contribution in [1.82, 2.24) is 15.0 Å². The van der Waals surface area contributed by atoms with Crippen LogP contribution in [0.1, 0.15) is 22.3 Å². The van der Waals surface area contributed by atoms with Crippen LogP contribution in [0.2, 0.25) is 0 Å². The molecule has 0 saturated heterocycles. The highest BCUT2D eigenvalue weighted by Gasteiger charge is 2.51. The second-order valence-electron chi connectivity index (χ2n) is 15.1. The third-order valence-electron chi connectivity index (χ3n) is 12.0. The summed E-state index contributed by atoms with van der Waals surface area (Å²) in [5, 5.41) is 4.50. The quantitative estimate of drug-likeness (QED) is 0.180. The molecule has 0 radical (unpaired) electrons. The van der Waals surface area contributed by atoms with Crippen molar-refractivity contribution in [2.75, 3.05) is 0 Å². The van der Waals surface area contributed by atoms with Crippen LogP contribution in [0.5, 0.6) is 11.5 Å². The number of nitrogens with zero attached hydrogens (tertiary/aromatic N) is 3. The number of aromatic nitrogens is 3. The molecule has 10 aromatic rings. The summed E-state index contributed by atoms with van der Waals surface area (Å²) < 4.78 is 7.13. The largest absolute Gasteiger partial charge is 0.455 e. The average Bonchev–Trinajstić information content (AvgIpc) is 3.59. The Morgan fingerprint density at radius 1 is 0.310 bits per heavy atom. The second kappa shape index (κ2) is 12.7. The lowest BCUT2D eigenvalue weighted by molar-refractivity contribution is 0.447. The van der Waals surface area contributed by atoms with Gasteiger partial charge < -0.3 is 4.74 Å². The number of hydrogen-bond donors (Lipinski definition) is 0. The van der Waals surface area contributed by atoms with E-state index in [4.69, 9.17) is 19.7 Å². The van der Waals surface area contributed by atoms with Gasteiger partial charge in [-0.2, -0.15) is 0 Å². The van der Waals surface area contributed by atoms with E-state index in [1.807, 2.05) is 24.3 Å². The van der Waals surface area contributed by atoms with Crippen LogP contribution in [0.3, 0.4) is 0 Å². The van der Waals surface area contributed by atoms with Gasteiger partial charge in [-0.1, -0.05) is 194 Å². The summed E-state index contributed by atoms with van der Waals surface area (Å²) in [4.78, 5) is 15.4. The highest BCUT2D eigenvalue weighted by molar-refractivity contribution is 6.00. The van der Waals surface area contributed by atoms with Crippen LogP contribution in [0, 0.1) is 0 Å². The lowest BCUT2D eigenvalue weighted by atomic mass is 9.65. The van der Waals surface area contributed by atoms with Gasteiger partial charge >= 0.3 is 0 Å². The van der Waals surface area contributed by atoms with Gasteiger partial charge in [0.25, 0.3) is 0 Å². The number of rotatable bonds is 4. The molecule has 0 saturated carbocycles. The first-order valence-electron chi connectivity index (χ1n) is 19.7. The van der Waals surface area contributed by atoms with Crippen molar-refractivity contribution in [2.45, 2.75) is 5.41 Å². The fraction of sp³-hybridized carbons (Fsp3) is 0.0185. The molecule has 4 nitrogen and oxygen atoms in total. The Morgan fingerprint density at radius 3 is 1.38 bits per heavy atom. The van der Waals surface area contributed by atoms with Crippen molar-refractivity contribution in [2.24, 2.45) is 0 Å². The zero-order valence-electron chi connectivity index (χ0n) is 31.3. The molecule has 270 valence electrons. The molecule has 1 aliphatic carbocycles. The molecule has 0 bridgehead atoms. The van der Waals surface area contributed by atoms with Crippen LogP contribution in [-0.2, 0) is 5.41 Å². The standard InChI is InChI=1S/C54H33N3O/c1-3-13-34(14-4-1)35-23-25-39(26-24-35)52-55-51(38-17-5-2-6-18-38)56-53(57-52)40-29-30-46-44(33-40)43-21-11-12-22-45(43)54(46)47-31-27-36-15-7-9-19-41(36)49(47)58-50-42-20-10-8-16-37(42)28-32-48(50)54/h1-33H. The van der Waals surface area contributed by atoms with Crippen molar-refractivity contribution < 1.29 is 4.74 Å². The van der Waals surface area contributed by atoms with Gasteiger partial charge in [0.05, 0.1) is 5.41 Å². The monoisotopic (exact) mass is 739 g/mol. The maximum absolute atomic E-state index is 7.13. The van der Waals surface area contributed by atoms with Crippen LogP contribution >= 0.6 is 0 Å². The van der Waals surface area contributed by atoms with Crippen molar-refractivity contribution >= 4 is 21.5 Å². The predicted molar refractivity (Wildman–Crippen MR) is 234 cm³/mol. The van der Waals surface area contributed by atoms with Gasteiger partial charge in [-0.15, -0.1) is 0 Å². The highest BCUT2D eigenvalue weighted by Crippen LogP contribution is 2.64. The normalized spacial score (nSPS) is 13.1. The second-order valence-corrected chi connectivity index (χ2v) is 15.1. The smallest absolute Gasteiger partial charge is 0.164 e. The molecule has 9 aromatic carbocycles. The zero-order chi connectivity index (χ0) is 38.2. The molecule has 4 heteroatoms. The molecule has 1 aliphatic heterocycles. The molecule has 0 N–H and O–H groups in total. The maximum Gasteiger partial charge on any atom is 0.164 e. The first-order valence-corrected chi connectivity index (χ1v) is 19.7. The van der Waals surface area contributed by atoms with Crippen LogP contribution in [-0.4, -0.2) is 15.0 Å². The molecule has 2 aliphatic rings. The lowest BCUT2D eigenvalue weighted by Gasteiger charge is -2.40. The summed E-state index contributed by atoms with van der Waals surface area (Å²) >= 11 is 0. The molecule has 0 fully saturated rings. The van der Waals surface area contributed by atoms with Crippen molar-refractivity contribution in [3.05, 3.63) is 222 Å². The molecule has 12 rings (SSSR count). The summed E-state index contributed by atoms with van der Waals surface area (Å²) in [5.41, 5.74) is 11.6. The highest BCUT2D eigenvalue weighted by atomic mass is 16.5. The van der Waals surface area contributed by atoms with E-state index in [9.17, 15) is 0 Å². The van der Waals surface area contributed by atoms with E-state index in [0.29, 0.717) is 17.5 Å².